The second kappa shape index (κ2) is 4.50. The summed E-state index contributed by atoms with van der Waals surface area (Å²) in [6, 6.07) is 0. The second-order valence-corrected chi connectivity index (χ2v) is 3.38. The van der Waals surface area contributed by atoms with Gasteiger partial charge in [-0.25, -0.2) is 0 Å². The first-order chi connectivity index (χ1) is 6.88. The number of carbonyl (C=O) groups excluding carboxylic acids is 2. The highest BCUT2D eigenvalue weighted by molar-refractivity contribution is 5.86. The monoisotopic (exact) mass is 224 g/mol. The van der Waals surface area contributed by atoms with Gasteiger partial charge in [0.25, 0.3) is 0 Å². The van der Waals surface area contributed by atoms with Crippen molar-refractivity contribution < 1.29 is 22.8 Å². The Hall–Kier alpha value is -1.27. The van der Waals surface area contributed by atoms with Crippen molar-refractivity contribution in [1.82, 2.24) is 10.6 Å². The minimum Gasteiger partial charge on any atom is -0.347 e. The predicted octanol–water partition coefficient (Wildman–Crippen LogP) is 0.191. The first-order valence-corrected chi connectivity index (χ1v) is 4.49. The van der Waals surface area contributed by atoms with Crippen LogP contribution in [0.25, 0.3) is 0 Å². The smallest absolute Gasteiger partial charge is 0.347 e. The molecule has 0 aromatic heterocycles. The van der Waals surface area contributed by atoms with Crippen LogP contribution in [0.4, 0.5) is 13.2 Å². The van der Waals surface area contributed by atoms with E-state index in [-0.39, 0.29) is 11.8 Å². The Morgan fingerprint density at radius 1 is 1.20 bits per heavy atom. The molecular weight excluding hydrogens is 213 g/mol. The van der Waals surface area contributed by atoms with E-state index in [1.165, 1.54) is 0 Å². The van der Waals surface area contributed by atoms with E-state index in [1.807, 2.05) is 0 Å². The molecule has 1 aliphatic rings. The summed E-state index contributed by atoms with van der Waals surface area (Å²) in [4.78, 5) is 21.8. The number of nitrogens with one attached hydrogen (secondary N) is 2. The second-order valence-electron chi connectivity index (χ2n) is 3.38. The zero-order chi connectivity index (χ0) is 11.5. The Morgan fingerprint density at radius 2 is 1.80 bits per heavy atom. The van der Waals surface area contributed by atoms with E-state index in [0.717, 1.165) is 12.8 Å². The Bertz CT molecular complexity index is 261. The van der Waals surface area contributed by atoms with Gasteiger partial charge >= 0.3 is 6.18 Å². The van der Waals surface area contributed by atoms with Gasteiger partial charge in [0, 0.05) is 5.92 Å². The Morgan fingerprint density at radius 3 is 2.27 bits per heavy atom. The van der Waals surface area contributed by atoms with Crippen LogP contribution < -0.4 is 10.6 Å². The predicted molar refractivity (Wildman–Crippen MR) is 44.8 cm³/mol. The summed E-state index contributed by atoms with van der Waals surface area (Å²) >= 11 is 0. The number of carbonyl (C=O) groups is 2. The Labute approximate surface area is 84.2 Å². The minimum absolute atomic E-state index is 0.0552. The van der Waals surface area contributed by atoms with Gasteiger partial charge in [0.2, 0.25) is 11.8 Å². The average Bonchev–Trinajstić information content (AvgIpc) is 2.92. The van der Waals surface area contributed by atoms with Crippen LogP contribution in [0, 0.1) is 5.92 Å². The maximum absolute atomic E-state index is 11.7. The van der Waals surface area contributed by atoms with Gasteiger partial charge in [-0.05, 0) is 12.8 Å². The highest BCUT2D eigenvalue weighted by Crippen LogP contribution is 2.28. The lowest BCUT2D eigenvalue weighted by Gasteiger charge is -2.08. The van der Waals surface area contributed by atoms with Crippen LogP contribution in [-0.4, -0.2) is 31.1 Å². The molecule has 15 heavy (non-hydrogen) atoms. The summed E-state index contributed by atoms with van der Waals surface area (Å²) < 4.78 is 35.0. The lowest BCUT2D eigenvalue weighted by Crippen LogP contribution is -2.41. The van der Waals surface area contributed by atoms with E-state index in [0.29, 0.717) is 0 Å². The van der Waals surface area contributed by atoms with Crippen molar-refractivity contribution in [3.05, 3.63) is 0 Å². The molecule has 1 fully saturated rings. The van der Waals surface area contributed by atoms with Crippen LogP contribution in [0.1, 0.15) is 12.8 Å². The molecule has 0 aliphatic heterocycles. The molecule has 0 saturated heterocycles. The fourth-order valence-electron chi connectivity index (χ4n) is 0.919. The van der Waals surface area contributed by atoms with Crippen molar-refractivity contribution in [3.63, 3.8) is 0 Å². The molecule has 86 valence electrons. The van der Waals surface area contributed by atoms with Crippen LogP contribution in [0.15, 0.2) is 0 Å². The third-order valence-electron chi connectivity index (χ3n) is 1.86. The number of hydrogen-bond donors (Lipinski definition) is 2. The number of alkyl halides is 3. The molecule has 0 heterocycles. The van der Waals surface area contributed by atoms with Crippen LogP contribution in [0.2, 0.25) is 0 Å². The summed E-state index contributed by atoms with van der Waals surface area (Å²) in [5.41, 5.74) is 0. The van der Waals surface area contributed by atoms with E-state index in [1.54, 1.807) is 5.32 Å². The van der Waals surface area contributed by atoms with Crippen LogP contribution in [-0.2, 0) is 9.59 Å². The first kappa shape index (κ1) is 11.8. The molecule has 1 saturated carbocycles. The molecule has 4 nitrogen and oxygen atoms in total. The number of amides is 2. The van der Waals surface area contributed by atoms with Gasteiger partial charge in [0.1, 0.15) is 6.54 Å². The molecule has 7 heteroatoms. The minimum atomic E-state index is -4.42. The molecule has 0 aromatic carbocycles. The fraction of sp³-hybridized carbons (Fsp3) is 0.750. The summed E-state index contributed by atoms with van der Waals surface area (Å²) in [5, 5.41) is 3.92. The van der Waals surface area contributed by atoms with Gasteiger partial charge in [0.05, 0.1) is 6.54 Å². The molecule has 0 unspecified atom stereocenters. The number of rotatable bonds is 4. The van der Waals surface area contributed by atoms with E-state index >= 15 is 0 Å². The normalized spacial score (nSPS) is 15.9. The first-order valence-electron chi connectivity index (χ1n) is 4.49. The fourth-order valence-corrected chi connectivity index (χ4v) is 0.919. The molecule has 0 spiro atoms. The SMILES string of the molecule is O=C(CNC(=O)C1CC1)NCC(F)(F)F. The molecule has 2 N–H and O–H groups in total. The molecule has 0 atom stereocenters. The van der Waals surface area contributed by atoms with Crippen LogP contribution >= 0.6 is 0 Å². The lowest BCUT2D eigenvalue weighted by atomic mass is 10.4. The van der Waals surface area contributed by atoms with Crippen molar-refractivity contribution in [3.8, 4) is 0 Å². The van der Waals surface area contributed by atoms with Gasteiger partial charge in [0.15, 0.2) is 0 Å². The molecule has 0 bridgehead atoms. The van der Waals surface area contributed by atoms with Gasteiger partial charge < -0.3 is 10.6 Å². The molecular formula is C8H11F3N2O2. The van der Waals surface area contributed by atoms with E-state index in [9.17, 15) is 22.8 Å². The topological polar surface area (TPSA) is 58.2 Å². The van der Waals surface area contributed by atoms with Crippen molar-refractivity contribution in [1.29, 1.82) is 0 Å². The maximum Gasteiger partial charge on any atom is 0.405 e. The van der Waals surface area contributed by atoms with E-state index in [2.05, 4.69) is 5.32 Å². The number of hydrogen-bond acceptors (Lipinski definition) is 2. The number of halogens is 3. The highest BCUT2D eigenvalue weighted by Gasteiger charge is 2.30. The zero-order valence-corrected chi connectivity index (χ0v) is 7.86. The average molecular weight is 224 g/mol. The third kappa shape index (κ3) is 5.24. The van der Waals surface area contributed by atoms with E-state index in [4.69, 9.17) is 0 Å². The standard InChI is InChI=1S/C8H11F3N2O2/c9-8(10,11)4-13-6(14)3-12-7(15)5-1-2-5/h5H,1-4H2,(H,12,15)(H,13,14). The molecule has 0 aromatic rings. The largest absolute Gasteiger partial charge is 0.405 e. The van der Waals surface area contributed by atoms with Gasteiger partial charge in [-0.1, -0.05) is 0 Å². The maximum atomic E-state index is 11.7. The van der Waals surface area contributed by atoms with Crippen molar-refractivity contribution in [2.45, 2.75) is 19.0 Å². The molecule has 1 aliphatic carbocycles. The van der Waals surface area contributed by atoms with Crippen LogP contribution in [0.5, 0.6) is 0 Å². The molecule has 0 radical (unpaired) electrons. The highest BCUT2D eigenvalue weighted by atomic mass is 19.4. The third-order valence-corrected chi connectivity index (χ3v) is 1.86. The lowest BCUT2D eigenvalue weighted by molar-refractivity contribution is -0.138. The van der Waals surface area contributed by atoms with E-state index < -0.39 is 25.2 Å². The van der Waals surface area contributed by atoms with Crippen molar-refractivity contribution >= 4 is 11.8 Å². The van der Waals surface area contributed by atoms with Gasteiger partial charge in [-0.15, -0.1) is 0 Å². The van der Waals surface area contributed by atoms with Gasteiger partial charge in [-0.2, -0.15) is 13.2 Å². The summed E-state index contributed by atoms with van der Waals surface area (Å²) in [7, 11) is 0. The molecule has 2 amide bonds. The zero-order valence-electron chi connectivity index (χ0n) is 7.86. The summed E-state index contributed by atoms with van der Waals surface area (Å²) in [5.74, 6) is -1.15. The summed E-state index contributed by atoms with van der Waals surface area (Å²) in [6.07, 6.45) is -2.85. The quantitative estimate of drug-likeness (QED) is 0.716. The van der Waals surface area contributed by atoms with Crippen LogP contribution in [0.3, 0.4) is 0 Å². The Balaban J connectivity index is 2.10. The van der Waals surface area contributed by atoms with Crippen molar-refractivity contribution in [2.75, 3.05) is 13.1 Å². The van der Waals surface area contributed by atoms with Gasteiger partial charge in [-0.3, -0.25) is 9.59 Å². The Kier molecular flexibility index (Phi) is 3.54. The van der Waals surface area contributed by atoms with Crippen molar-refractivity contribution in [2.24, 2.45) is 5.92 Å². The molecule has 1 rings (SSSR count). The summed E-state index contributed by atoms with van der Waals surface area (Å²) in [6.45, 7) is -1.77.